The molecule has 3 rings (SSSR count). The third kappa shape index (κ3) is 1.61. The van der Waals surface area contributed by atoms with E-state index >= 15 is 0 Å². The number of carbonyl (C=O) groups is 2. The number of hydrogen-bond donors (Lipinski definition) is 0. The SMILES string of the molecule is CCC[C@H]1O[C@]2(C)O[C@@]1(C)C(=O)c1ccccc1C2=O. The maximum absolute atomic E-state index is 12.8. The van der Waals surface area contributed by atoms with Crippen LogP contribution in [0.15, 0.2) is 24.3 Å². The van der Waals surface area contributed by atoms with E-state index in [0.29, 0.717) is 17.5 Å². The second-order valence-electron chi connectivity index (χ2n) is 5.75. The first-order valence-corrected chi connectivity index (χ1v) is 6.99. The smallest absolute Gasteiger partial charge is 0.232 e. The first-order chi connectivity index (χ1) is 9.42. The van der Waals surface area contributed by atoms with Crippen LogP contribution in [0.5, 0.6) is 0 Å². The monoisotopic (exact) mass is 274 g/mol. The Kier molecular flexibility index (Phi) is 2.85. The van der Waals surface area contributed by atoms with Crippen molar-refractivity contribution in [2.24, 2.45) is 0 Å². The van der Waals surface area contributed by atoms with Gasteiger partial charge < -0.3 is 9.47 Å². The molecule has 2 aliphatic rings. The first-order valence-electron chi connectivity index (χ1n) is 6.99. The molecule has 0 amide bonds. The van der Waals surface area contributed by atoms with Crippen LogP contribution in [-0.2, 0) is 9.47 Å². The van der Waals surface area contributed by atoms with Gasteiger partial charge >= 0.3 is 0 Å². The molecule has 106 valence electrons. The lowest BCUT2D eigenvalue weighted by atomic mass is 9.85. The Hall–Kier alpha value is -1.52. The Morgan fingerprint density at radius 1 is 1.10 bits per heavy atom. The number of rotatable bonds is 2. The minimum absolute atomic E-state index is 0.166. The average Bonchev–Trinajstić information content (AvgIpc) is 2.68. The lowest BCUT2D eigenvalue weighted by molar-refractivity contribution is -0.131. The minimum Gasteiger partial charge on any atom is -0.337 e. The zero-order valence-corrected chi connectivity index (χ0v) is 11.9. The van der Waals surface area contributed by atoms with E-state index in [1.807, 2.05) is 6.92 Å². The van der Waals surface area contributed by atoms with E-state index in [2.05, 4.69) is 0 Å². The van der Waals surface area contributed by atoms with Gasteiger partial charge in [-0.2, -0.15) is 0 Å². The summed E-state index contributed by atoms with van der Waals surface area (Å²) in [6.07, 6.45) is 1.16. The van der Waals surface area contributed by atoms with Gasteiger partial charge in [0.25, 0.3) is 0 Å². The molecule has 0 radical (unpaired) electrons. The van der Waals surface area contributed by atoms with Crippen LogP contribution in [0, 0.1) is 0 Å². The molecule has 0 unspecified atom stereocenters. The largest absolute Gasteiger partial charge is 0.337 e. The van der Waals surface area contributed by atoms with E-state index in [1.54, 1.807) is 38.1 Å². The Balaban J connectivity index is 2.20. The van der Waals surface area contributed by atoms with Crippen molar-refractivity contribution in [3.05, 3.63) is 35.4 Å². The molecule has 1 saturated heterocycles. The number of hydrogen-bond acceptors (Lipinski definition) is 4. The number of carbonyl (C=O) groups excluding carboxylic acids is 2. The molecule has 0 N–H and O–H groups in total. The van der Waals surface area contributed by atoms with Crippen LogP contribution < -0.4 is 0 Å². The zero-order valence-electron chi connectivity index (χ0n) is 11.9. The van der Waals surface area contributed by atoms with Crippen molar-refractivity contribution >= 4 is 11.6 Å². The molecular formula is C16H18O4. The van der Waals surface area contributed by atoms with Crippen LogP contribution >= 0.6 is 0 Å². The highest BCUT2D eigenvalue weighted by atomic mass is 16.8. The summed E-state index contributed by atoms with van der Waals surface area (Å²) in [5.41, 5.74) is -0.265. The van der Waals surface area contributed by atoms with Crippen molar-refractivity contribution in [3.63, 3.8) is 0 Å². The predicted molar refractivity (Wildman–Crippen MR) is 72.8 cm³/mol. The fourth-order valence-corrected chi connectivity index (χ4v) is 3.16. The maximum Gasteiger partial charge on any atom is 0.232 e. The third-order valence-corrected chi connectivity index (χ3v) is 4.22. The number of Topliss-reactive ketones (excluding diaryl/α,β-unsaturated/α-hetero) is 2. The summed E-state index contributed by atoms with van der Waals surface area (Å²) in [4.78, 5) is 25.5. The van der Waals surface area contributed by atoms with Gasteiger partial charge in [0.1, 0.15) is 0 Å². The molecule has 2 aliphatic heterocycles. The normalized spacial score (nSPS) is 35.9. The lowest BCUT2D eigenvalue weighted by Gasteiger charge is -2.26. The molecule has 2 heterocycles. The highest BCUT2D eigenvalue weighted by molar-refractivity contribution is 6.16. The molecule has 4 heteroatoms. The Morgan fingerprint density at radius 2 is 1.70 bits per heavy atom. The average molecular weight is 274 g/mol. The molecule has 0 saturated carbocycles. The molecule has 4 nitrogen and oxygen atoms in total. The van der Waals surface area contributed by atoms with Crippen LogP contribution in [0.1, 0.15) is 54.3 Å². The summed E-state index contributed by atoms with van der Waals surface area (Å²) in [6, 6.07) is 6.87. The van der Waals surface area contributed by atoms with Crippen LogP contribution in [-0.4, -0.2) is 29.1 Å². The molecule has 0 spiro atoms. The maximum atomic E-state index is 12.8. The van der Waals surface area contributed by atoms with Crippen molar-refractivity contribution in [2.75, 3.05) is 0 Å². The highest BCUT2D eigenvalue weighted by Gasteiger charge is 2.61. The minimum atomic E-state index is -1.36. The predicted octanol–water partition coefficient (Wildman–Crippen LogP) is 2.76. The Labute approximate surface area is 118 Å². The van der Waals surface area contributed by atoms with Gasteiger partial charge in [-0.1, -0.05) is 37.6 Å². The van der Waals surface area contributed by atoms with Gasteiger partial charge in [0.05, 0.1) is 6.10 Å². The number of fused-ring (bicyclic) bond motifs is 3. The van der Waals surface area contributed by atoms with Gasteiger partial charge in [-0.15, -0.1) is 0 Å². The van der Waals surface area contributed by atoms with Crippen LogP contribution in [0.4, 0.5) is 0 Å². The molecule has 3 atom stereocenters. The lowest BCUT2D eigenvalue weighted by Crippen LogP contribution is -2.44. The molecule has 1 aromatic carbocycles. The van der Waals surface area contributed by atoms with Crippen molar-refractivity contribution in [1.29, 1.82) is 0 Å². The summed E-state index contributed by atoms with van der Waals surface area (Å²) in [6.45, 7) is 5.36. The Bertz CT molecular complexity index is 594. The van der Waals surface area contributed by atoms with Crippen LogP contribution in [0.2, 0.25) is 0 Å². The van der Waals surface area contributed by atoms with Crippen molar-refractivity contribution < 1.29 is 19.1 Å². The number of ketones is 2. The Morgan fingerprint density at radius 3 is 2.30 bits per heavy atom. The molecule has 1 aromatic rings. The quantitative estimate of drug-likeness (QED) is 0.832. The molecular weight excluding hydrogens is 256 g/mol. The van der Waals surface area contributed by atoms with Crippen LogP contribution in [0.25, 0.3) is 0 Å². The fourth-order valence-electron chi connectivity index (χ4n) is 3.16. The third-order valence-electron chi connectivity index (χ3n) is 4.22. The van der Waals surface area contributed by atoms with Crippen molar-refractivity contribution in [3.8, 4) is 0 Å². The molecule has 0 aliphatic carbocycles. The van der Waals surface area contributed by atoms with E-state index in [1.165, 1.54) is 0 Å². The second kappa shape index (κ2) is 4.24. The van der Waals surface area contributed by atoms with E-state index in [9.17, 15) is 9.59 Å². The van der Waals surface area contributed by atoms with Gasteiger partial charge in [0, 0.05) is 11.1 Å². The summed E-state index contributed by atoms with van der Waals surface area (Å²) < 4.78 is 11.7. The number of ether oxygens (including phenoxy) is 2. The van der Waals surface area contributed by atoms with Gasteiger partial charge in [-0.3, -0.25) is 9.59 Å². The second-order valence-corrected chi connectivity index (χ2v) is 5.75. The highest BCUT2D eigenvalue weighted by Crippen LogP contribution is 2.45. The van der Waals surface area contributed by atoms with Crippen LogP contribution in [0.3, 0.4) is 0 Å². The van der Waals surface area contributed by atoms with Gasteiger partial charge in [0.15, 0.2) is 11.4 Å². The topological polar surface area (TPSA) is 52.6 Å². The zero-order chi connectivity index (χ0) is 14.5. The summed E-state index contributed by atoms with van der Waals surface area (Å²) >= 11 is 0. The van der Waals surface area contributed by atoms with Gasteiger partial charge in [-0.25, -0.2) is 0 Å². The van der Waals surface area contributed by atoms with Crippen molar-refractivity contribution in [2.45, 2.75) is 51.1 Å². The van der Waals surface area contributed by atoms with E-state index in [0.717, 1.165) is 6.42 Å². The summed E-state index contributed by atoms with van der Waals surface area (Å²) in [7, 11) is 0. The fraction of sp³-hybridized carbons (Fsp3) is 0.500. The standard InChI is InChI=1S/C16H18O4/c1-4-7-12-15(2)13(17)10-8-5-6-9-11(10)14(18)16(3,19-12)20-15/h5-6,8-9,12H,4,7H2,1-3H3/t12-,15-,16-/m1/s1. The number of benzene rings is 1. The molecule has 2 bridgehead atoms. The van der Waals surface area contributed by atoms with E-state index in [4.69, 9.17) is 9.47 Å². The van der Waals surface area contributed by atoms with E-state index in [-0.39, 0.29) is 17.7 Å². The molecule has 20 heavy (non-hydrogen) atoms. The van der Waals surface area contributed by atoms with Crippen molar-refractivity contribution in [1.82, 2.24) is 0 Å². The van der Waals surface area contributed by atoms with Gasteiger partial charge in [0.2, 0.25) is 11.6 Å². The van der Waals surface area contributed by atoms with E-state index < -0.39 is 11.4 Å². The summed E-state index contributed by atoms with van der Waals surface area (Å²) in [5, 5.41) is 0. The first kappa shape index (κ1) is 13.5. The molecule has 1 fully saturated rings. The van der Waals surface area contributed by atoms with Gasteiger partial charge in [-0.05, 0) is 20.3 Å². The summed E-state index contributed by atoms with van der Waals surface area (Å²) in [5.74, 6) is -1.80. The molecule has 0 aromatic heterocycles.